The van der Waals surface area contributed by atoms with Crippen molar-refractivity contribution in [2.45, 2.75) is 43.0 Å². The summed E-state index contributed by atoms with van der Waals surface area (Å²) in [5.74, 6) is -0.161. The summed E-state index contributed by atoms with van der Waals surface area (Å²) in [7, 11) is 0. The van der Waals surface area contributed by atoms with Crippen LogP contribution in [0.4, 0.5) is 5.69 Å². The van der Waals surface area contributed by atoms with E-state index in [-0.39, 0.29) is 17.1 Å². The molecule has 0 spiro atoms. The summed E-state index contributed by atoms with van der Waals surface area (Å²) >= 11 is 1.52. The van der Waals surface area contributed by atoms with Gasteiger partial charge in [-0.05, 0) is 62.2 Å². The highest BCUT2D eigenvalue weighted by molar-refractivity contribution is 8.00. The molecule has 0 bridgehead atoms. The minimum Gasteiger partial charge on any atom is -0.348 e. The first-order valence-electron chi connectivity index (χ1n) is 9.78. The summed E-state index contributed by atoms with van der Waals surface area (Å²) in [4.78, 5) is 27.8. The highest BCUT2D eigenvalue weighted by Gasteiger charge is 2.23. The van der Waals surface area contributed by atoms with Gasteiger partial charge in [0.15, 0.2) is 0 Å². The lowest BCUT2D eigenvalue weighted by molar-refractivity contribution is -0.115. The molecule has 0 unspecified atom stereocenters. The minimum absolute atomic E-state index is 0.0240. The first-order chi connectivity index (χ1) is 13.6. The fourth-order valence-corrected chi connectivity index (χ4v) is 4.53. The minimum atomic E-state index is -0.137. The monoisotopic (exact) mass is 395 g/mol. The summed E-state index contributed by atoms with van der Waals surface area (Å²) in [6, 6.07) is 13.9. The standard InChI is InChI=1S/C22H25N3O2S/c1-15-21(26)24-19-12-18(8-9-20(19)28-15)22(27)23-13-16-4-6-17(7-5-16)14-25-10-2-3-11-25/h4-9,12,15H,2-3,10-11,13-14H2,1H3,(H,23,27)(H,24,26)/t15-/m0/s1. The van der Waals surface area contributed by atoms with Crippen LogP contribution in [0.15, 0.2) is 47.4 Å². The third-order valence-electron chi connectivity index (χ3n) is 5.25. The van der Waals surface area contributed by atoms with E-state index >= 15 is 0 Å². The molecule has 0 radical (unpaired) electrons. The number of fused-ring (bicyclic) bond motifs is 1. The highest BCUT2D eigenvalue weighted by Crippen LogP contribution is 2.35. The Morgan fingerprint density at radius 3 is 2.61 bits per heavy atom. The van der Waals surface area contributed by atoms with Crippen molar-refractivity contribution in [3.63, 3.8) is 0 Å². The van der Waals surface area contributed by atoms with Crippen LogP contribution in [0.25, 0.3) is 0 Å². The predicted molar refractivity (Wildman–Crippen MR) is 113 cm³/mol. The quantitative estimate of drug-likeness (QED) is 0.811. The molecule has 2 aliphatic rings. The molecule has 0 aromatic heterocycles. The second kappa shape index (κ2) is 8.37. The Balaban J connectivity index is 1.34. The second-order valence-corrected chi connectivity index (χ2v) is 8.83. The number of rotatable bonds is 5. The molecule has 2 aliphatic heterocycles. The first-order valence-corrected chi connectivity index (χ1v) is 10.7. The maximum atomic E-state index is 12.5. The van der Waals surface area contributed by atoms with Crippen molar-refractivity contribution >= 4 is 29.3 Å². The summed E-state index contributed by atoms with van der Waals surface area (Å²) < 4.78 is 0. The molecule has 2 aromatic rings. The van der Waals surface area contributed by atoms with Gasteiger partial charge in [-0.2, -0.15) is 0 Å². The van der Waals surface area contributed by atoms with E-state index in [1.807, 2.05) is 19.1 Å². The Hall–Kier alpha value is -2.31. The summed E-state index contributed by atoms with van der Waals surface area (Å²) in [6.45, 7) is 5.75. The number of nitrogens with zero attached hydrogens (tertiary/aromatic N) is 1. The van der Waals surface area contributed by atoms with Crippen LogP contribution in [-0.4, -0.2) is 35.1 Å². The highest BCUT2D eigenvalue weighted by atomic mass is 32.2. The lowest BCUT2D eigenvalue weighted by Crippen LogP contribution is -2.27. The third-order valence-corrected chi connectivity index (χ3v) is 6.43. The van der Waals surface area contributed by atoms with Gasteiger partial charge in [-0.25, -0.2) is 0 Å². The normalized spacial score (nSPS) is 19.2. The topological polar surface area (TPSA) is 61.4 Å². The van der Waals surface area contributed by atoms with Gasteiger partial charge >= 0.3 is 0 Å². The van der Waals surface area contributed by atoms with Crippen molar-refractivity contribution in [2.75, 3.05) is 18.4 Å². The maximum absolute atomic E-state index is 12.5. The molecule has 146 valence electrons. The Kier molecular flexibility index (Phi) is 5.69. The zero-order valence-electron chi connectivity index (χ0n) is 16.0. The van der Waals surface area contributed by atoms with E-state index in [0.717, 1.165) is 17.0 Å². The average Bonchev–Trinajstić information content (AvgIpc) is 3.21. The molecule has 2 N–H and O–H groups in total. The molecule has 2 amide bonds. The van der Waals surface area contributed by atoms with Crippen molar-refractivity contribution in [1.29, 1.82) is 0 Å². The second-order valence-electron chi connectivity index (χ2n) is 7.44. The van der Waals surface area contributed by atoms with Gasteiger partial charge in [0.25, 0.3) is 5.91 Å². The molecule has 1 fully saturated rings. The summed E-state index contributed by atoms with van der Waals surface area (Å²) in [5.41, 5.74) is 3.66. The van der Waals surface area contributed by atoms with Crippen molar-refractivity contribution in [2.24, 2.45) is 0 Å². The molecule has 2 aromatic carbocycles. The smallest absolute Gasteiger partial charge is 0.251 e. The Bertz CT molecular complexity index is 876. The zero-order valence-corrected chi connectivity index (χ0v) is 16.8. The lowest BCUT2D eigenvalue weighted by Gasteiger charge is -2.21. The molecular formula is C22H25N3O2S. The number of amides is 2. The molecule has 28 heavy (non-hydrogen) atoms. The van der Waals surface area contributed by atoms with Gasteiger partial charge in [-0.1, -0.05) is 24.3 Å². The molecule has 5 nitrogen and oxygen atoms in total. The average molecular weight is 396 g/mol. The zero-order chi connectivity index (χ0) is 19.5. The Morgan fingerprint density at radius 1 is 1.14 bits per heavy atom. The van der Waals surface area contributed by atoms with Gasteiger partial charge < -0.3 is 10.6 Å². The largest absolute Gasteiger partial charge is 0.348 e. The van der Waals surface area contributed by atoms with Crippen LogP contribution >= 0.6 is 11.8 Å². The van der Waals surface area contributed by atoms with Crippen molar-refractivity contribution in [3.8, 4) is 0 Å². The fraction of sp³-hybridized carbons (Fsp3) is 0.364. The van der Waals surface area contributed by atoms with Gasteiger partial charge in [0.05, 0.1) is 10.9 Å². The molecule has 0 aliphatic carbocycles. The molecule has 1 atom stereocenters. The number of hydrogen-bond donors (Lipinski definition) is 2. The van der Waals surface area contributed by atoms with Gasteiger partial charge in [-0.15, -0.1) is 11.8 Å². The number of carbonyl (C=O) groups excluding carboxylic acids is 2. The third kappa shape index (κ3) is 4.39. The van der Waals surface area contributed by atoms with Crippen LogP contribution < -0.4 is 10.6 Å². The van der Waals surface area contributed by atoms with E-state index < -0.39 is 0 Å². The van der Waals surface area contributed by atoms with E-state index in [1.165, 1.54) is 43.3 Å². The maximum Gasteiger partial charge on any atom is 0.251 e. The van der Waals surface area contributed by atoms with Crippen LogP contribution in [0.1, 0.15) is 41.3 Å². The van der Waals surface area contributed by atoms with Gasteiger partial charge in [0, 0.05) is 23.5 Å². The predicted octanol–water partition coefficient (Wildman–Crippen LogP) is 3.65. The molecular weight excluding hydrogens is 370 g/mol. The van der Waals surface area contributed by atoms with E-state index in [9.17, 15) is 9.59 Å². The van der Waals surface area contributed by atoms with Gasteiger partial charge in [-0.3, -0.25) is 14.5 Å². The number of anilines is 1. The fourth-order valence-electron chi connectivity index (χ4n) is 3.60. The lowest BCUT2D eigenvalue weighted by atomic mass is 10.1. The van der Waals surface area contributed by atoms with E-state index in [4.69, 9.17) is 0 Å². The Morgan fingerprint density at radius 2 is 1.86 bits per heavy atom. The Labute approximate surface area is 169 Å². The van der Waals surface area contributed by atoms with E-state index in [0.29, 0.717) is 17.8 Å². The van der Waals surface area contributed by atoms with Crippen LogP contribution in [0.5, 0.6) is 0 Å². The SMILES string of the molecule is C[C@@H]1Sc2ccc(C(=O)NCc3ccc(CN4CCCC4)cc3)cc2NC1=O. The van der Waals surface area contributed by atoms with Gasteiger partial charge in [0.2, 0.25) is 5.91 Å². The molecule has 6 heteroatoms. The van der Waals surface area contributed by atoms with E-state index in [2.05, 4.69) is 39.8 Å². The van der Waals surface area contributed by atoms with Crippen molar-refractivity contribution in [1.82, 2.24) is 10.2 Å². The van der Waals surface area contributed by atoms with Crippen LogP contribution in [0.3, 0.4) is 0 Å². The molecule has 2 heterocycles. The number of carbonyl (C=O) groups is 2. The van der Waals surface area contributed by atoms with Crippen molar-refractivity contribution in [3.05, 3.63) is 59.2 Å². The number of hydrogen-bond acceptors (Lipinski definition) is 4. The summed E-state index contributed by atoms with van der Waals surface area (Å²) in [6.07, 6.45) is 2.60. The van der Waals surface area contributed by atoms with Crippen molar-refractivity contribution < 1.29 is 9.59 Å². The molecule has 1 saturated heterocycles. The van der Waals surface area contributed by atoms with E-state index in [1.54, 1.807) is 6.07 Å². The first kappa shape index (κ1) is 19.0. The van der Waals surface area contributed by atoms with Crippen LogP contribution in [-0.2, 0) is 17.9 Å². The van der Waals surface area contributed by atoms with Gasteiger partial charge in [0.1, 0.15) is 0 Å². The summed E-state index contributed by atoms with van der Waals surface area (Å²) in [5, 5.41) is 5.73. The number of likely N-dealkylation sites (tertiary alicyclic amines) is 1. The van der Waals surface area contributed by atoms with Crippen LogP contribution in [0.2, 0.25) is 0 Å². The van der Waals surface area contributed by atoms with Crippen LogP contribution in [0, 0.1) is 0 Å². The number of benzene rings is 2. The number of nitrogens with one attached hydrogen (secondary N) is 2. The molecule has 4 rings (SSSR count). The number of thioether (sulfide) groups is 1. The molecule has 0 saturated carbocycles.